The highest BCUT2D eigenvalue weighted by molar-refractivity contribution is 6.27. The molecule has 10 heteroatoms. The van der Waals surface area contributed by atoms with Crippen molar-refractivity contribution in [1.82, 2.24) is 5.32 Å². The topological polar surface area (TPSA) is 157 Å². The Hall–Kier alpha value is -0.810. The van der Waals surface area contributed by atoms with Crippen LogP contribution < -0.4 is 5.32 Å². The molecule has 0 aromatic carbocycles. The van der Waals surface area contributed by atoms with Gasteiger partial charge in [0, 0.05) is 6.42 Å². The van der Waals surface area contributed by atoms with Gasteiger partial charge < -0.3 is 35.6 Å². The fraction of sp³-hybridized carbons (Fsp3) is 0.818. The smallest absolute Gasteiger partial charge is 0.235 e. The minimum Gasteiger partial charge on any atom is -0.394 e. The summed E-state index contributed by atoms with van der Waals surface area (Å²) in [6.45, 7) is -0.827. The van der Waals surface area contributed by atoms with E-state index in [1.54, 1.807) is 0 Å². The van der Waals surface area contributed by atoms with Crippen LogP contribution in [0.1, 0.15) is 6.42 Å². The van der Waals surface area contributed by atoms with E-state index in [4.69, 9.17) is 21.4 Å². The normalized spacial score (nSPS) is 35.8. The number of aliphatic hydroxyl groups excluding tert-OH is 4. The molecule has 0 aromatic rings. The number of hydrogen-bond acceptors (Lipinski definition) is 8. The molecule has 6 atom stereocenters. The molecule has 1 saturated heterocycles. The van der Waals surface area contributed by atoms with Crippen LogP contribution in [0.2, 0.25) is 0 Å². The van der Waals surface area contributed by atoms with Crippen LogP contribution in [0.4, 0.5) is 0 Å². The molecule has 21 heavy (non-hydrogen) atoms. The van der Waals surface area contributed by atoms with Crippen LogP contribution in [0.5, 0.6) is 0 Å². The van der Waals surface area contributed by atoms with Crippen LogP contribution >= 0.6 is 11.6 Å². The minimum absolute atomic E-state index is 0.0286. The Morgan fingerprint density at radius 1 is 1.52 bits per heavy atom. The average Bonchev–Trinajstić information content (AvgIpc) is 2.47. The molecular formula is C11H18ClNO8. The van der Waals surface area contributed by atoms with Gasteiger partial charge in [-0.15, -0.1) is 11.6 Å². The molecule has 1 fully saturated rings. The Bertz CT molecular complexity index is 383. The van der Waals surface area contributed by atoms with Gasteiger partial charge in [0.15, 0.2) is 6.29 Å². The fourth-order valence-corrected chi connectivity index (χ4v) is 2.17. The highest BCUT2D eigenvalue weighted by Crippen LogP contribution is 2.28. The quantitative estimate of drug-likeness (QED) is 0.216. The van der Waals surface area contributed by atoms with E-state index in [1.165, 1.54) is 0 Å². The highest BCUT2D eigenvalue weighted by Gasteiger charge is 2.50. The van der Waals surface area contributed by atoms with Gasteiger partial charge in [-0.05, 0) is 0 Å². The zero-order valence-corrected chi connectivity index (χ0v) is 11.7. The number of aldehydes is 1. The first kappa shape index (κ1) is 18.2. The maximum atomic E-state index is 11.3. The largest absolute Gasteiger partial charge is 0.394 e. The predicted octanol–water partition coefficient (Wildman–Crippen LogP) is -3.54. The van der Waals surface area contributed by atoms with Crippen molar-refractivity contribution in [2.24, 2.45) is 0 Å². The average molecular weight is 328 g/mol. The number of rotatable bonds is 6. The molecule has 6 N–H and O–H groups in total. The summed E-state index contributed by atoms with van der Waals surface area (Å²) in [7, 11) is 0. The number of halogens is 1. The Kier molecular flexibility index (Phi) is 6.47. The minimum atomic E-state index is -2.37. The number of hydrogen-bond donors (Lipinski definition) is 6. The Balaban J connectivity index is 3.01. The van der Waals surface area contributed by atoms with Gasteiger partial charge >= 0.3 is 0 Å². The molecule has 0 saturated carbocycles. The van der Waals surface area contributed by atoms with E-state index >= 15 is 0 Å². The summed E-state index contributed by atoms with van der Waals surface area (Å²) in [4.78, 5) is 22.2. The van der Waals surface area contributed by atoms with Gasteiger partial charge in [-0.2, -0.15) is 0 Å². The number of ether oxygens (including phenoxy) is 1. The van der Waals surface area contributed by atoms with Crippen LogP contribution in [0, 0.1) is 0 Å². The molecule has 0 aromatic heterocycles. The van der Waals surface area contributed by atoms with Crippen molar-refractivity contribution < 1.29 is 39.9 Å². The number of carbonyl (C=O) groups is 2. The van der Waals surface area contributed by atoms with Gasteiger partial charge in [0.25, 0.3) is 0 Å². The van der Waals surface area contributed by atoms with Crippen molar-refractivity contribution in [3.63, 3.8) is 0 Å². The molecule has 1 aliphatic rings. The van der Waals surface area contributed by atoms with Gasteiger partial charge in [-0.1, -0.05) is 0 Å². The molecule has 1 amide bonds. The summed E-state index contributed by atoms with van der Waals surface area (Å²) < 4.78 is 4.98. The molecule has 0 spiro atoms. The Morgan fingerprint density at radius 3 is 2.62 bits per heavy atom. The van der Waals surface area contributed by atoms with E-state index in [-0.39, 0.29) is 6.29 Å². The fourth-order valence-electron chi connectivity index (χ4n) is 2.09. The summed E-state index contributed by atoms with van der Waals surface area (Å²) in [6, 6.07) is -1.23. The van der Waals surface area contributed by atoms with Crippen molar-refractivity contribution in [2.75, 3.05) is 12.5 Å². The molecule has 3 unspecified atom stereocenters. The Morgan fingerprint density at radius 2 is 2.14 bits per heavy atom. The van der Waals surface area contributed by atoms with E-state index in [1.807, 2.05) is 0 Å². The van der Waals surface area contributed by atoms with E-state index in [0.29, 0.717) is 0 Å². The maximum absolute atomic E-state index is 11.3. The molecular weight excluding hydrogens is 310 g/mol. The first-order valence-corrected chi connectivity index (χ1v) is 6.68. The SMILES string of the molecule is O=C[C@]1(O)CC(O)[C@@H](NC(=O)CCl)C([C@H](O)C(O)CO)O1. The van der Waals surface area contributed by atoms with Crippen LogP contribution in [-0.2, 0) is 14.3 Å². The lowest BCUT2D eigenvalue weighted by Crippen LogP contribution is -2.66. The van der Waals surface area contributed by atoms with Gasteiger partial charge in [-0.3, -0.25) is 9.59 Å². The van der Waals surface area contributed by atoms with E-state index in [0.717, 1.165) is 0 Å². The number of aliphatic hydroxyl groups is 5. The van der Waals surface area contributed by atoms with Gasteiger partial charge in [-0.25, -0.2) is 0 Å². The van der Waals surface area contributed by atoms with E-state index in [2.05, 4.69) is 5.32 Å². The molecule has 9 nitrogen and oxygen atoms in total. The van der Waals surface area contributed by atoms with Crippen LogP contribution in [-0.4, -0.2) is 86.5 Å². The Labute approximate surface area is 125 Å². The highest BCUT2D eigenvalue weighted by atomic mass is 35.5. The lowest BCUT2D eigenvalue weighted by molar-refractivity contribution is -0.280. The summed E-state index contributed by atoms with van der Waals surface area (Å²) in [5, 5.41) is 50.2. The summed E-state index contributed by atoms with van der Waals surface area (Å²) in [5.74, 6) is -3.48. The lowest BCUT2D eigenvalue weighted by Gasteiger charge is -2.44. The number of nitrogens with one attached hydrogen (secondary N) is 1. The maximum Gasteiger partial charge on any atom is 0.235 e. The van der Waals surface area contributed by atoms with Crippen molar-refractivity contribution >= 4 is 23.8 Å². The second kappa shape index (κ2) is 7.45. The summed E-state index contributed by atoms with van der Waals surface area (Å²) in [5.41, 5.74) is 0. The van der Waals surface area contributed by atoms with Gasteiger partial charge in [0.2, 0.25) is 11.7 Å². The molecule has 0 aliphatic carbocycles. The molecule has 122 valence electrons. The summed E-state index contributed by atoms with van der Waals surface area (Å²) in [6.07, 6.45) is -6.91. The number of amides is 1. The number of alkyl halides is 1. The second-order valence-corrected chi connectivity index (χ2v) is 5.05. The molecule has 0 bridgehead atoms. The zero-order valence-electron chi connectivity index (χ0n) is 10.9. The van der Waals surface area contributed by atoms with Crippen molar-refractivity contribution in [1.29, 1.82) is 0 Å². The van der Waals surface area contributed by atoms with Crippen LogP contribution in [0.3, 0.4) is 0 Å². The third-order valence-electron chi connectivity index (χ3n) is 3.16. The molecule has 1 heterocycles. The third-order valence-corrected chi connectivity index (χ3v) is 3.40. The van der Waals surface area contributed by atoms with Crippen molar-refractivity contribution in [3.8, 4) is 0 Å². The van der Waals surface area contributed by atoms with Crippen LogP contribution in [0.15, 0.2) is 0 Å². The van der Waals surface area contributed by atoms with Crippen LogP contribution in [0.25, 0.3) is 0 Å². The van der Waals surface area contributed by atoms with Gasteiger partial charge in [0.05, 0.1) is 18.8 Å². The van der Waals surface area contributed by atoms with Crippen molar-refractivity contribution in [2.45, 2.75) is 42.7 Å². The van der Waals surface area contributed by atoms with E-state index < -0.39 is 61.1 Å². The van der Waals surface area contributed by atoms with Gasteiger partial charge in [0.1, 0.15) is 24.2 Å². The number of carbonyl (C=O) groups excluding carboxylic acids is 2. The third kappa shape index (κ3) is 4.33. The standard InChI is InChI=1S/C11H18ClNO8/c12-2-7(18)13-8-5(16)1-11(20,4-15)21-10(8)9(19)6(17)3-14/h4-6,8-10,14,16-17,19-20H,1-3H2,(H,13,18)/t5?,6?,8-,9-,10?,11+/m1/s1. The molecule has 1 aliphatic heterocycles. The second-order valence-electron chi connectivity index (χ2n) is 4.78. The molecule has 0 radical (unpaired) electrons. The summed E-state index contributed by atoms with van der Waals surface area (Å²) >= 11 is 5.33. The predicted molar refractivity (Wildman–Crippen MR) is 68.3 cm³/mol. The lowest BCUT2D eigenvalue weighted by atomic mass is 9.89. The first-order valence-electron chi connectivity index (χ1n) is 6.15. The zero-order chi connectivity index (χ0) is 16.2. The first-order chi connectivity index (χ1) is 9.77. The van der Waals surface area contributed by atoms with E-state index in [9.17, 15) is 30.0 Å². The molecule has 1 rings (SSSR count). The van der Waals surface area contributed by atoms with Crippen molar-refractivity contribution in [3.05, 3.63) is 0 Å². The monoisotopic (exact) mass is 327 g/mol.